The highest BCUT2D eigenvalue weighted by atomic mass is 79.9. The van der Waals surface area contributed by atoms with Crippen molar-refractivity contribution in [3.8, 4) is 5.69 Å². The molecule has 3 rings (SSSR count). The molecule has 94 valence electrons. The predicted octanol–water partition coefficient (Wildman–Crippen LogP) is 2.44. The number of halogens is 1. The zero-order chi connectivity index (χ0) is 13.4. The Morgan fingerprint density at radius 2 is 1.74 bits per heavy atom. The lowest BCUT2D eigenvalue weighted by atomic mass is 10.2. The third kappa shape index (κ3) is 2.02. The summed E-state index contributed by atoms with van der Waals surface area (Å²) in [5.74, 6) is 0. The summed E-state index contributed by atoms with van der Waals surface area (Å²) in [7, 11) is 0. The molecule has 0 spiro atoms. The van der Waals surface area contributed by atoms with Gasteiger partial charge < -0.3 is 4.98 Å². The first kappa shape index (κ1) is 11.9. The summed E-state index contributed by atoms with van der Waals surface area (Å²) < 4.78 is 1.95. The molecule has 3 aromatic rings. The van der Waals surface area contributed by atoms with Gasteiger partial charge in [-0.1, -0.05) is 34.1 Å². The van der Waals surface area contributed by atoms with Crippen molar-refractivity contribution < 1.29 is 0 Å². The van der Waals surface area contributed by atoms with Gasteiger partial charge in [0.1, 0.15) is 0 Å². The first-order valence-electron chi connectivity index (χ1n) is 5.67. The number of rotatable bonds is 1. The Labute approximate surface area is 116 Å². The highest BCUT2D eigenvalue weighted by molar-refractivity contribution is 9.10. The van der Waals surface area contributed by atoms with Gasteiger partial charge in [0.25, 0.3) is 5.56 Å². The highest BCUT2D eigenvalue weighted by Crippen LogP contribution is 2.14. The number of hydrogen-bond acceptors (Lipinski definition) is 2. The van der Waals surface area contributed by atoms with Crippen LogP contribution in [0.2, 0.25) is 0 Å². The second kappa shape index (κ2) is 4.51. The quantitative estimate of drug-likeness (QED) is 0.749. The van der Waals surface area contributed by atoms with Crippen molar-refractivity contribution in [2.24, 2.45) is 0 Å². The Hall–Kier alpha value is -2.14. The molecule has 19 heavy (non-hydrogen) atoms. The SMILES string of the molecule is O=c1[nH]c2cc(Br)ccc2c(=O)n1-c1ccccc1. The fourth-order valence-corrected chi connectivity index (χ4v) is 2.36. The van der Waals surface area contributed by atoms with E-state index in [0.29, 0.717) is 16.6 Å². The summed E-state index contributed by atoms with van der Waals surface area (Å²) in [4.78, 5) is 27.2. The Balaban J connectivity index is 2.43. The molecule has 0 radical (unpaired) electrons. The molecular weight excluding hydrogens is 308 g/mol. The Morgan fingerprint density at radius 1 is 1.00 bits per heavy atom. The molecule has 0 aliphatic rings. The largest absolute Gasteiger partial charge is 0.333 e. The Morgan fingerprint density at radius 3 is 2.47 bits per heavy atom. The van der Waals surface area contributed by atoms with Gasteiger partial charge in [0.2, 0.25) is 0 Å². The van der Waals surface area contributed by atoms with Gasteiger partial charge in [-0.25, -0.2) is 9.36 Å². The molecule has 2 aromatic carbocycles. The van der Waals surface area contributed by atoms with Crippen LogP contribution in [0.1, 0.15) is 0 Å². The van der Waals surface area contributed by atoms with Gasteiger partial charge >= 0.3 is 5.69 Å². The van der Waals surface area contributed by atoms with Crippen molar-refractivity contribution in [2.45, 2.75) is 0 Å². The molecule has 1 heterocycles. The van der Waals surface area contributed by atoms with E-state index in [1.54, 1.807) is 42.5 Å². The van der Waals surface area contributed by atoms with Crippen molar-refractivity contribution in [1.82, 2.24) is 9.55 Å². The fraction of sp³-hybridized carbons (Fsp3) is 0. The molecule has 4 nitrogen and oxygen atoms in total. The maximum atomic E-state index is 12.4. The monoisotopic (exact) mass is 316 g/mol. The number of para-hydroxylation sites is 1. The van der Waals surface area contributed by atoms with Gasteiger partial charge in [-0.3, -0.25) is 4.79 Å². The van der Waals surface area contributed by atoms with E-state index in [0.717, 1.165) is 9.04 Å². The van der Waals surface area contributed by atoms with Crippen LogP contribution in [0.15, 0.2) is 62.6 Å². The van der Waals surface area contributed by atoms with Gasteiger partial charge in [0.05, 0.1) is 16.6 Å². The lowest BCUT2D eigenvalue weighted by Gasteiger charge is -2.06. The molecule has 0 unspecified atom stereocenters. The van der Waals surface area contributed by atoms with Crippen LogP contribution < -0.4 is 11.2 Å². The third-order valence-corrected chi connectivity index (χ3v) is 3.37. The highest BCUT2D eigenvalue weighted by Gasteiger charge is 2.09. The lowest BCUT2D eigenvalue weighted by molar-refractivity contribution is 0.901. The van der Waals surface area contributed by atoms with E-state index in [1.165, 1.54) is 0 Å². The number of fused-ring (bicyclic) bond motifs is 1. The normalized spacial score (nSPS) is 10.8. The number of H-pyrrole nitrogens is 1. The van der Waals surface area contributed by atoms with E-state index in [-0.39, 0.29) is 5.56 Å². The zero-order valence-electron chi connectivity index (χ0n) is 9.76. The third-order valence-electron chi connectivity index (χ3n) is 2.87. The predicted molar refractivity (Wildman–Crippen MR) is 77.9 cm³/mol. The van der Waals surface area contributed by atoms with Crippen molar-refractivity contribution in [3.63, 3.8) is 0 Å². The minimum atomic E-state index is -0.443. The summed E-state index contributed by atoms with van der Waals surface area (Å²) in [6, 6.07) is 14.0. The number of nitrogens with zero attached hydrogens (tertiary/aromatic N) is 1. The summed E-state index contributed by atoms with van der Waals surface area (Å²) in [6.07, 6.45) is 0. The van der Waals surface area contributed by atoms with Gasteiger partial charge in [-0.05, 0) is 30.3 Å². The van der Waals surface area contributed by atoms with Crippen molar-refractivity contribution in [1.29, 1.82) is 0 Å². The van der Waals surface area contributed by atoms with Gasteiger partial charge in [-0.15, -0.1) is 0 Å². The maximum Gasteiger partial charge on any atom is 0.333 e. The minimum absolute atomic E-state index is 0.322. The summed E-state index contributed by atoms with van der Waals surface area (Å²) >= 11 is 3.31. The lowest BCUT2D eigenvalue weighted by Crippen LogP contribution is -2.33. The van der Waals surface area contributed by atoms with E-state index in [9.17, 15) is 9.59 Å². The van der Waals surface area contributed by atoms with Crippen LogP contribution in [-0.4, -0.2) is 9.55 Å². The van der Waals surface area contributed by atoms with E-state index >= 15 is 0 Å². The molecule has 0 amide bonds. The number of benzene rings is 2. The standard InChI is InChI=1S/C14H9BrN2O2/c15-9-6-7-11-12(8-9)16-14(19)17(13(11)18)10-4-2-1-3-5-10/h1-8H,(H,16,19). The molecule has 1 aromatic heterocycles. The van der Waals surface area contributed by atoms with Crippen molar-refractivity contribution in [3.05, 3.63) is 73.8 Å². The van der Waals surface area contributed by atoms with Crippen molar-refractivity contribution >= 4 is 26.8 Å². The van der Waals surface area contributed by atoms with Gasteiger partial charge in [0.15, 0.2) is 0 Å². The number of nitrogens with one attached hydrogen (secondary N) is 1. The van der Waals surface area contributed by atoms with E-state index < -0.39 is 5.69 Å². The van der Waals surface area contributed by atoms with E-state index in [1.807, 2.05) is 6.07 Å². The van der Waals surface area contributed by atoms with E-state index in [2.05, 4.69) is 20.9 Å². The van der Waals surface area contributed by atoms with Crippen LogP contribution in [0.3, 0.4) is 0 Å². The molecule has 0 bridgehead atoms. The molecule has 0 fully saturated rings. The second-order valence-electron chi connectivity index (χ2n) is 4.10. The van der Waals surface area contributed by atoms with Gasteiger partial charge in [0, 0.05) is 4.47 Å². The zero-order valence-corrected chi connectivity index (χ0v) is 11.3. The van der Waals surface area contributed by atoms with E-state index in [4.69, 9.17) is 0 Å². The minimum Gasteiger partial charge on any atom is -0.306 e. The molecule has 0 aliphatic carbocycles. The fourth-order valence-electron chi connectivity index (χ4n) is 2.00. The van der Waals surface area contributed by atoms with Crippen LogP contribution in [0.25, 0.3) is 16.6 Å². The van der Waals surface area contributed by atoms with Crippen LogP contribution >= 0.6 is 15.9 Å². The molecule has 0 saturated carbocycles. The van der Waals surface area contributed by atoms with Crippen LogP contribution in [-0.2, 0) is 0 Å². The van der Waals surface area contributed by atoms with Crippen molar-refractivity contribution in [2.75, 3.05) is 0 Å². The topological polar surface area (TPSA) is 54.9 Å². The second-order valence-corrected chi connectivity index (χ2v) is 5.01. The average Bonchev–Trinajstić information content (AvgIpc) is 2.39. The summed E-state index contributed by atoms with van der Waals surface area (Å²) in [5.41, 5.74) is 0.314. The number of aromatic amines is 1. The first-order valence-corrected chi connectivity index (χ1v) is 6.46. The van der Waals surface area contributed by atoms with Crippen LogP contribution in [0, 0.1) is 0 Å². The number of aromatic nitrogens is 2. The average molecular weight is 317 g/mol. The summed E-state index contributed by atoms with van der Waals surface area (Å²) in [5, 5.41) is 0.478. The van der Waals surface area contributed by atoms with Crippen LogP contribution in [0.5, 0.6) is 0 Å². The molecule has 0 atom stereocenters. The van der Waals surface area contributed by atoms with Crippen LogP contribution in [0.4, 0.5) is 0 Å². The summed E-state index contributed by atoms with van der Waals surface area (Å²) in [6.45, 7) is 0. The molecule has 5 heteroatoms. The smallest absolute Gasteiger partial charge is 0.306 e. The molecular formula is C14H9BrN2O2. The Kier molecular flexibility index (Phi) is 2.83. The maximum absolute atomic E-state index is 12.4. The first-order chi connectivity index (χ1) is 9.16. The molecule has 1 N–H and O–H groups in total. The molecule has 0 aliphatic heterocycles. The Bertz CT molecular complexity index is 866. The molecule has 0 saturated heterocycles. The number of hydrogen-bond donors (Lipinski definition) is 1. The van der Waals surface area contributed by atoms with Gasteiger partial charge in [-0.2, -0.15) is 0 Å².